The third-order valence-electron chi connectivity index (χ3n) is 3.70. The Morgan fingerprint density at radius 1 is 1.31 bits per heavy atom. The van der Waals surface area contributed by atoms with Gasteiger partial charge in [0.25, 0.3) is 10.1 Å². The summed E-state index contributed by atoms with van der Waals surface area (Å²) in [7, 11) is -4.78. The number of benzene rings is 2. The van der Waals surface area contributed by atoms with Gasteiger partial charge in [-0.3, -0.25) is 9.65 Å². The first kappa shape index (κ1) is 21.3. The van der Waals surface area contributed by atoms with Gasteiger partial charge in [0.05, 0.1) is 23.4 Å². The van der Waals surface area contributed by atoms with Crippen molar-refractivity contribution >= 4 is 61.7 Å². The van der Waals surface area contributed by atoms with Crippen LogP contribution < -0.4 is 5.73 Å². The molecule has 0 amide bonds. The minimum absolute atomic E-state index is 0.0259. The van der Waals surface area contributed by atoms with E-state index in [0.717, 1.165) is 6.07 Å². The molecule has 0 aliphatic carbocycles. The van der Waals surface area contributed by atoms with Crippen LogP contribution in [0.15, 0.2) is 38.2 Å². The van der Waals surface area contributed by atoms with Crippen molar-refractivity contribution in [2.75, 3.05) is 5.73 Å². The fraction of sp³-hybridized carbons (Fsp3) is 0.0714. The van der Waals surface area contributed by atoms with E-state index in [0.29, 0.717) is 17.7 Å². The van der Waals surface area contributed by atoms with Crippen molar-refractivity contribution in [1.82, 2.24) is 10.2 Å². The van der Waals surface area contributed by atoms with Crippen LogP contribution in [0.4, 0.5) is 17.2 Å². The van der Waals surface area contributed by atoms with E-state index in [9.17, 15) is 18.1 Å². The predicted molar refractivity (Wildman–Crippen MR) is 103 cm³/mol. The van der Waals surface area contributed by atoms with Crippen molar-refractivity contribution in [2.24, 2.45) is 10.2 Å². The lowest BCUT2D eigenvalue weighted by molar-refractivity contribution is -0.432. The standard InChI is InChI=1S/C14H12ClN5O7S2/c1-5-11(15)14(19-17-5)20-18-13-9(29(23,24)25)3-6-2-7(28-27-26-22)4-8(21)10(6)12(13)16/h2-4,21-22H,16H2,1H3,(H,17,19)(H,23,24,25). The van der Waals surface area contributed by atoms with Gasteiger partial charge in [-0.25, -0.2) is 5.26 Å². The number of nitrogens with one attached hydrogen (secondary N) is 1. The summed E-state index contributed by atoms with van der Waals surface area (Å²) in [5.74, 6) is -0.377. The highest BCUT2D eigenvalue weighted by Gasteiger charge is 2.23. The van der Waals surface area contributed by atoms with Gasteiger partial charge in [-0.1, -0.05) is 16.6 Å². The molecule has 15 heteroatoms. The average Bonchev–Trinajstić information content (AvgIpc) is 2.96. The maximum Gasteiger partial charge on any atom is 0.296 e. The van der Waals surface area contributed by atoms with Gasteiger partial charge in [-0.15, -0.1) is 14.6 Å². The van der Waals surface area contributed by atoms with E-state index in [1.165, 1.54) is 12.1 Å². The highest BCUT2D eigenvalue weighted by atomic mass is 35.5. The van der Waals surface area contributed by atoms with Gasteiger partial charge in [-0.2, -0.15) is 13.5 Å². The average molecular weight is 462 g/mol. The van der Waals surface area contributed by atoms with E-state index in [-0.39, 0.29) is 37.9 Å². The number of nitrogen functional groups attached to an aromatic ring is 1. The number of H-pyrrole nitrogens is 1. The van der Waals surface area contributed by atoms with Crippen molar-refractivity contribution in [2.45, 2.75) is 16.7 Å². The summed E-state index contributed by atoms with van der Waals surface area (Å²) in [6, 6.07) is 3.64. The Morgan fingerprint density at radius 3 is 2.62 bits per heavy atom. The number of nitrogens with zero attached hydrogens (tertiary/aromatic N) is 3. The van der Waals surface area contributed by atoms with Gasteiger partial charge in [0.2, 0.25) is 5.82 Å². The number of aromatic amines is 1. The zero-order valence-electron chi connectivity index (χ0n) is 14.3. The Morgan fingerprint density at radius 2 is 2.03 bits per heavy atom. The first-order valence-corrected chi connectivity index (χ1v) is 10.0. The topological polar surface area (TPSA) is 193 Å². The molecule has 0 aliphatic heterocycles. The van der Waals surface area contributed by atoms with Crippen molar-refractivity contribution in [3.63, 3.8) is 0 Å². The van der Waals surface area contributed by atoms with Crippen molar-refractivity contribution < 1.29 is 32.7 Å². The van der Waals surface area contributed by atoms with Gasteiger partial charge in [0, 0.05) is 10.3 Å². The molecule has 0 saturated heterocycles. The zero-order valence-corrected chi connectivity index (χ0v) is 16.7. The van der Waals surface area contributed by atoms with E-state index >= 15 is 0 Å². The molecule has 154 valence electrons. The van der Waals surface area contributed by atoms with Crippen LogP contribution in [0.3, 0.4) is 0 Å². The molecule has 0 radical (unpaired) electrons. The number of halogens is 1. The van der Waals surface area contributed by atoms with Crippen LogP contribution in [0, 0.1) is 6.92 Å². The molecule has 29 heavy (non-hydrogen) atoms. The first-order valence-electron chi connectivity index (χ1n) is 7.47. The number of fused-ring (bicyclic) bond motifs is 1. The smallest absolute Gasteiger partial charge is 0.296 e. The van der Waals surface area contributed by atoms with E-state index in [2.05, 4.69) is 29.8 Å². The van der Waals surface area contributed by atoms with Crippen molar-refractivity contribution in [3.8, 4) is 5.75 Å². The number of phenolic OH excluding ortho intramolecular Hbond substituents is 1. The van der Waals surface area contributed by atoms with Gasteiger partial charge in [0.1, 0.15) is 21.4 Å². The van der Waals surface area contributed by atoms with Crippen LogP contribution in [0.25, 0.3) is 10.8 Å². The quantitative estimate of drug-likeness (QED) is 0.0896. The molecule has 2 aromatic carbocycles. The minimum Gasteiger partial charge on any atom is -0.507 e. The number of aryl methyl sites for hydroxylation is 1. The maximum atomic E-state index is 11.9. The normalized spacial score (nSPS) is 12.3. The van der Waals surface area contributed by atoms with E-state index < -0.39 is 20.7 Å². The minimum atomic E-state index is -4.78. The third kappa shape index (κ3) is 4.27. The number of hydrogen-bond acceptors (Lipinski definition) is 11. The molecule has 6 N–H and O–H groups in total. The highest BCUT2D eigenvalue weighted by Crippen LogP contribution is 2.43. The number of azo groups is 1. The summed E-state index contributed by atoms with van der Waals surface area (Å²) in [4.78, 5) is -0.423. The van der Waals surface area contributed by atoms with Gasteiger partial charge < -0.3 is 10.8 Å². The Kier molecular flexibility index (Phi) is 5.95. The Balaban J connectivity index is 2.24. The summed E-state index contributed by atoms with van der Waals surface area (Å²) >= 11 is 6.53. The number of nitrogens with two attached hydrogens (primary N) is 1. The summed E-state index contributed by atoms with van der Waals surface area (Å²) in [6.07, 6.45) is 0. The molecule has 12 nitrogen and oxygen atoms in total. The summed E-state index contributed by atoms with van der Waals surface area (Å²) < 4.78 is 37.7. The second-order valence-corrected chi connectivity index (χ2v) is 8.11. The molecule has 0 atom stereocenters. The molecule has 0 aliphatic rings. The van der Waals surface area contributed by atoms with Crippen LogP contribution in [0.5, 0.6) is 5.75 Å². The molecule has 0 unspecified atom stereocenters. The fourth-order valence-corrected chi connectivity index (χ4v) is 3.70. The van der Waals surface area contributed by atoms with Crippen LogP contribution >= 0.6 is 23.6 Å². The molecule has 0 fully saturated rings. The monoisotopic (exact) mass is 461 g/mol. The Labute approximate surface area is 172 Å². The number of rotatable bonds is 6. The van der Waals surface area contributed by atoms with Crippen molar-refractivity contribution in [1.29, 1.82) is 0 Å². The Bertz CT molecular complexity index is 1230. The van der Waals surface area contributed by atoms with Gasteiger partial charge in [0.15, 0.2) is 0 Å². The lowest BCUT2D eigenvalue weighted by Gasteiger charge is -2.12. The fourth-order valence-electron chi connectivity index (χ4n) is 2.46. The van der Waals surface area contributed by atoms with Crippen molar-refractivity contribution in [3.05, 3.63) is 28.9 Å². The lowest BCUT2D eigenvalue weighted by atomic mass is 10.1. The molecule has 0 spiro atoms. The van der Waals surface area contributed by atoms with Crippen LogP contribution in [-0.2, 0) is 19.5 Å². The second kappa shape index (κ2) is 8.11. The number of anilines is 1. The van der Waals surface area contributed by atoms with E-state index in [4.69, 9.17) is 22.6 Å². The molecule has 1 heterocycles. The number of aromatic hydroxyl groups is 1. The number of phenols is 1. The number of aromatic nitrogens is 2. The molecular weight excluding hydrogens is 450 g/mol. The zero-order chi connectivity index (χ0) is 21.3. The summed E-state index contributed by atoms with van der Waals surface area (Å²) in [6.45, 7) is 1.64. The van der Waals surface area contributed by atoms with Gasteiger partial charge in [-0.05, 0) is 30.5 Å². The Hall–Kier alpha value is -2.46. The van der Waals surface area contributed by atoms with Crippen LogP contribution in [-0.4, -0.2) is 33.5 Å². The molecule has 0 saturated carbocycles. The van der Waals surface area contributed by atoms with Gasteiger partial charge >= 0.3 is 0 Å². The molecular formula is C14H12ClN5O7S2. The van der Waals surface area contributed by atoms with E-state index in [1.807, 2.05) is 0 Å². The number of hydrogen-bond donors (Lipinski definition) is 5. The van der Waals surface area contributed by atoms with Crippen LogP contribution in [0.1, 0.15) is 5.69 Å². The molecule has 0 bridgehead atoms. The first-order chi connectivity index (χ1) is 13.6. The summed E-state index contributed by atoms with van der Waals surface area (Å²) in [5.41, 5.74) is 5.85. The SMILES string of the molecule is Cc1[nH]nc(N=Nc2c(S(=O)(=O)O)cc3cc(SOOO)cc(O)c3c2N)c1Cl. The lowest BCUT2D eigenvalue weighted by Crippen LogP contribution is -2.02. The molecule has 3 aromatic rings. The summed E-state index contributed by atoms with van der Waals surface area (Å²) in [5, 5.41) is 36.3. The van der Waals surface area contributed by atoms with Crippen LogP contribution in [0.2, 0.25) is 5.02 Å². The molecule has 1 aromatic heterocycles. The third-order valence-corrected chi connectivity index (χ3v) is 5.58. The maximum absolute atomic E-state index is 11.9. The molecule has 3 rings (SSSR count). The predicted octanol–water partition coefficient (Wildman–Crippen LogP) is 3.90. The van der Waals surface area contributed by atoms with E-state index in [1.54, 1.807) is 6.92 Å². The largest absolute Gasteiger partial charge is 0.507 e. The highest BCUT2D eigenvalue weighted by molar-refractivity contribution is 7.94. The second-order valence-electron chi connectivity index (χ2n) is 5.56.